The van der Waals surface area contributed by atoms with Gasteiger partial charge in [0, 0.05) is 15.6 Å². The summed E-state index contributed by atoms with van der Waals surface area (Å²) in [7, 11) is 1.59. The van der Waals surface area contributed by atoms with E-state index < -0.39 is 17.4 Å². The first-order chi connectivity index (χ1) is 15.4. The Kier molecular flexibility index (Phi) is 5.14. The summed E-state index contributed by atoms with van der Waals surface area (Å²) < 4.78 is 6.09. The van der Waals surface area contributed by atoms with Crippen molar-refractivity contribution in [1.82, 2.24) is 0 Å². The highest BCUT2D eigenvalue weighted by atomic mass is 79.9. The SMILES string of the molecule is COc1ccc2c(c1)CCC(C1(O)C(=O)N(Cc3ccccc3)c3cc(Br)ccc31)C2=O. The molecule has 2 aliphatic rings. The molecule has 2 atom stereocenters. The second-order valence-electron chi connectivity index (χ2n) is 8.28. The number of nitrogens with zero attached hydrogens (tertiary/aromatic N) is 1. The third kappa shape index (κ3) is 3.17. The van der Waals surface area contributed by atoms with Crippen LogP contribution in [0.3, 0.4) is 0 Å². The van der Waals surface area contributed by atoms with Crippen LogP contribution in [0.5, 0.6) is 5.75 Å². The lowest BCUT2D eigenvalue weighted by Crippen LogP contribution is -2.49. The molecule has 5 rings (SSSR count). The van der Waals surface area contributed by atoms with Gasteiger partial charge in [-0.25, -0.2) is 0 Å². The summed E-state index contributed by atoms with van der Waals surface area (Å²) in [5, 5.41) is 11.9. The third-order valence-corrected chi connectivity index (χ3v) is 7.01. The Morgan fingerprint density at radius 1 is 1.09 bits per heavy atom. The number of fused-ring (bicyclic) bond motifs is 2. The molecule has 2 unspecified atom stereocenters. The summed E-state index contributed by atoms with van der Waals surface area (Å²) in [4.78, 5) is 28.9. The van der Waals surface area contributed by atoms with Gasteiger partial charge in [0.15, 0.2) is 11.4 Å². The number of amides is 1. The number of anilines is 1. The fraction of sp³-hybridized carbons (Fsp3) is 0.231. The van der Waals surface area contributed by atoms with Crippen molar-refractivity contribution in [3.63, 3.8) is 0 Å². The van der Waals surface area contributed by atoms with E-state index in [0.29, 0.717) is 42.0 Å². The minimum atomic E-state index is -1.90. The highest BCUT2D eigenvalue weighted by Gasteiger charge is 2.57. The maximum Gasteiger partial charge on any atom is 0.264 e. The van der Waals surface area contributed by atoms with Gasteiger partial charge < -0.3 is 14.7 Å². The van der Waals surface area contributed by atoms with E-state index >= 15 is 0 Å². The van der Waals surface area contributed by atoms with E-state index in [0.717, 1.165) is 15.6 Å². The normalized spacial score (nSPS) is 22.0. The maximum atomic E-state index is 13.7. The van der Waals surface area contributed by atoms with E-state index in [1.807, 2.05) is 42.5 Å². The molecule has 1 heterocycles. The molecule has 1 N–H and O–H groups in total. The molecule has 0 aromatic heterocycles. The van der Waals surface area contributed by atoms with Crippen LogP contribution in [0.1, 0.15) is 33.5 Å². The van der Waals surface area contributed by atoms with Gasteiger partial charge in [-0.05, 0) is 54.3 Å². The van der Waals surface area contributed by atoms with Crippen molar-refractivity contribution >= 4 is 33.3 Å². The lowest BCUT2D eigenvalue weighted by molar-refractivity contribution is -0.140. The third-order valence-electron chi connectivity index (χ3n) is 6.52. The van der Waals surface area contributed by atoms with Crippen LogP contribution in [0, 0.1) is 5.92 Å². The second kappa shape index (κ2) is 7.87. The summed E-state index contributed by atoms with van der Waals surface area (Å²) >= 11 is 3.48. The molecule has 162 valence electrons. The topological polar surface area (TPSA) is 66.8 Å². The molecule has 5 nitrogen and oxygen atoms in total. The molecule has 6 heteroatoms. The number of carbonyl (C=O) groups is 2. The van der Waals surface area contributed by atoms with Gasteiger partial charge in [0.2, 0.25) is 0 Å². The Balaban J connectivity index is 1.57. The van der Waals surface area contributed by atoms with Crippen molar-refractivity contribution in [2.45, 2.75) is 25.0 Å². The van der Waals surface area contributed by atoms with E-state index in [1.54, 1.807) is 36.3 Å². The zero-order chi connectivity index (χ0) is 22.5. The summed E-state index contributed by atoms with van der Waals surface area (Å²) in [5.41, 5.74) is 1.59. The van der Waals surface area contributed by atoms with Crippen LogP contribution in [0.2, 0.25) is 0 Å². The van der Waals surface area contributed by atoms with Gasteiger partial charge in [0.25, 0.3) is 5.91 Å². The number of ether oxygens (including phenoxy) is 1. The molecule has 0 fully saturated rings. The van der Waals surface area contributed by atoms with Crippen LogP contribution in [0.25, 0.3) is 0 Å². The number of methoxy groups -OCH3 is 1. The number of benzene rings is 3. The highest BCUT2D eigenvalue weighted by Crippen LogP contribution is 2.49. The van der Waals surface area contributed by atoms with Gasteiger partial charge in [-0.1, -0.05) is 52.3 Å². The lowest BCUT2D eigenvalue weighted by atomic mass is 9.71. The zero-order valence-electron chi connectivity index (χ0n) is 17.5. The van der Waals surface area contributed by atoms with Crippen molar-refractivity contribution in [2.24, 2.45) is 5.92 Å². The molecule has 0 saturated carbocycles. The number of ketones is 1. The van der Waals surface area contributed by atoms with Gasteiger partial charge in [-0.2, -0.15) is 0 Å². The van der Waals surface area contributed by atoms with Crippen LogP contribution < -0.4 is 9.64 Å². The van der Waals surface area contributed by atoms with E-state index in [9.17, 15) is 14.7 Å². The fourth-order valence-electron chi connectivity index (χ4n) is 4.90. The monoisotopic (exact) mass is 491 g/mol. The Hall–Kier alpha value is -2.96. The molecule has 0 saturated heterocycles. The molecular formula is C26H22BrNO4. The molecule has 1 aliphatic carbocycles. The van der Waals surface area contributed by atoms with E-state index in [4.69, 9.17) is 4.74 Å². The average Bonchev–Trinajstić information content (AvgIpc) is 3.01. The van der Waals surface area contributed by atoms with Crippen LogP contribution in [-0.4, -0.2) is 23.9 Å². The molecule has 1 amide bonds. The predicted octanol–water partition coefficient (Wildman–Crippen LogP) is 4.64. The standard InChI is InChI=1S/C26H22BrNO4/c1-32-19-9-10-20-17(13-19)7-11-22(24(20)29)26(31)21-12-8-18(27)14-23(21)28(25(26)30)15-16-5-3-2-4-6-16/h2-6,8-10,12-14,22,31H,7,11,15H2,1H3. The largest absolute Gasteiger partial charge is 0.497 e. The molecule has 3 aromatic carbocycles. The van der Waals surface area contributed by atoms with E-state index in [1.165, 1.54) is 0 Å². The van der Waals surface area contributed by atoms with E-state index in [-0.39, 0.29) is 5.78 Å². The second-order valence-corrected chi connectivity index (χ2v) is 9.20. The first-order valence-electron chi connectivity index (χ1n) is 10.5. The molecule has 0 bridgehead atoms. The molecule has 3 aromatic rings. The summed E-state index contributed by atoms with van der Waals surface area (Å²) in [6, 6.07) is 20.4. The van der Waals surface area contributed by atoms with Crippen molar-refractivity contribution in [3.8, 4) is 5.75 Å². The minimum absolute atomic E-state index is 0.208. The number of aryl methyl sites for hydroxylation is 1. The number of hydrogen-bond acceptors (Lipinski definition) is 4. The van der Waals surface area contributed by atoms with Crippen LogP contribution in [0.15, 0.2) is 71.2 Å². The van der Waals surface area contributed by atoms with Gasteiger partial charge >= 0.3 is 0 Å². The highest BCUT2D eigenvalue weighted by molar-refractivity contribution is 9.10. The van der Waals surface area contributed by atoms with Crippen molar-refractivity contribution in [2.75, 3.05) is 12.0 Å². The van der Waals surface area contributed by atoms with Gasteiger partial charge in [0.1, 0.15) is 5.75 Å². The number of rotatable bonds is 4. The quantitative estimate of drug-likeness (QED) is 0.577. The number of carbonyl (C=O) groups excluding carboxylic acids is 2. The van der Waals surface area contributed by atoms with Gasteiger partial charge in [0.05, 0.1) is 25.3 Å². The molecule has 32 heavy (non-hydrogen) atoms. The van der Waals surface area contributed by atoms with Gasteiger partial charge in [-0.3, -0.25) is 9.59 Å². The molecule has 0 radical (unpaired) electrons. The lowest BCUT2D eigenvalue weighted by Gasteiger charge is -2.34. The maximum absolute atomic E-state index is 13.7. The summed E-state index contributed by atoms with van der Waals surface area (Å²) in [5.74, 6) is -0.823. The first-order valence-corrected chi connectivity index (χ1v) is 11.3. The number of halogens is 1. The van der Waals surface area contributed by atoms with Crippen molar-refractivity contribution in [1.29, 1.82) is 0 Å². The Morgan fingerprint density at radius 2 is 1.88 bits per heavy atom. The average molecular weight is 492 g/mol. The number of hydrogen-bond donors (Lipinski definition) is 1. The van der Waals surface area contributed by atoms with Crippen LogP contribution >= 0.6 is 15.9 Å². The smallest absolute Gasteiger partial charge is 0.264 e. The number of aliphatic hydroxyl groups is 1. The Labute approximate surface area is 194 Å². The summed E-state index contributed by atoms with van der Waals surface area (Å²) in [6.45, 7) is 0.320. The molecular weight excluding hydrogens is 470 g/mol. The first kappa shape index (κ1) is 20.9. The predicted molar refractivity (Wildman–Crippen MR) is 125 cm³/mol. The Morgan fingerprint density at radius 3 is 2.62 bits per heavy atom. The van der Waals surface area contributed by atoms with Crippen LogP contribution in [-0.2, 0) is 23.4 Å². The van der Waals surface area contributed by atoms with Crippen LogP contribution in [0.4, 0.5) is 5.69 Å². The van der Waals surface area contributed by atoms with E-state index in [2.05, 4.69) is 15.9 Å². The van der Waals surface area contributed by atoms with Crippen molar-refractivity contribution in [3.05, 3.63) is 93.5 Å². The Bertz CT molecular complexity index is 1230. The minimum Gasteiger partial charge on any atom is -0.497 e. The van der Waals surface area contributed by atoms with Crippen molar-refractivity contribution < 1.29 is 19.4 Å². The molecule has 1 aliphatic heterocycles. The van der Waals surface area contributed by atoms with Gasteiger partial charge in [-0.15, -0.1) is 0 Å². The summed E-state index contributed by atoms with van der Waals surface area (Å²) in [6.07, 6.45) is 0.971. The fourth-order valence-corrected chi connectivity index (χ4v) is 5.25. The number of Topliss-reactive ketones (excluding diaryl/α,β-unsaturated/α-hetero) is 1. The zero-order valence-corrected chi connectivity index (χ0v) is 19.1. The molecule has 0 spiro atoms.